The van der Waals surface area contributed by atoms with Crippen molar-refractivity contribution >= 4 is 18.3 Å². The smallest absolute Gasteiger partial charge is 0.233 e. The first-order valence-electron chi connectivity index (χ1n) is 7.31. The summed E-state index contributed by atoms with van der Waals surface area (Å²) < 4.78 is 0. The van der Waals surface area contributed by atoms with Gasteiger partial charge in [0.25, 0.3) is 0 Å². The Kier molecular flexibility index (Phi) is 4.71. The van der Waals surface area contributed by atoms with Gasteiger partial charge < -0.3 is 10.6 Å². The van der Waals surface area contributed by atoms with Crippen LogP contribution in [-0.2, 0) is 10.2 Å². The molecule has 1 aliphatic carbocycles. The van der Waals surface area contributed by atoms with Crippen molar-refractivity contribution in [2.75, 3.05) is 19.6 Å². The molecule has 2 N–H and O–H groups in total. The second kappa shape index (κ2) is 6.15. The molecule has 1 aliphatic heterocycles. The fraction of sp³-hybridized carbons (Fsp3) is 0.562. The van der Waals surface area contributed by atoms with Crippen LogP contribution in [0.25, 0.3) is 0 Å². The number of hydrogen-bond acceptors (Lipinski definition) is 2. The highest BCUT2D eigenvalue weighted by atomic mass is 35.5. The van der Waals surface area contributed by atoms with E-state index < -0.39 is 0 Å². The molecule has 3 nitrogen and oxygen atoms in total. The summed E-state index contributed by atoms with van der Waals surface area (Å²) in [6, 6.07) is 10.3. The molecule has 4 heteroatoms. The average Bonchev–Trinajstić information content (AvgIpc) is 3.29. The van der Waals surface area contributed by atoms with Crippen LogP contribution in [0.1, 0.15) is 31.2 Å². The molecule has 1 amide bonds. The Morgan fingerprint density at radius 3 is 2.60 bits per heavy atom. The van der Waals surface area contributed by atoms with E-state index in [9.17, 15) is 4.79 Å². The molecule has 20 heavy (non-hydrogen) atoms. The van der Waals surface area contributed by atoms with E-state index >= 15 is 0 Å². The maximum atomic E-state index is 12.8. The highest BCUT2D eigenvalue weighted by Gasteiger charge is 2.53. The number of likely N-dealkylation sites (tertiary alicyclic amines) is 1. The normalized spacial score (nSPS) is 23.9. The number of amides is 1. The van der Waals surface area contributed by atoms with Crippen LogP contribution in [0, 0.1) is 5.92 Å². The van der Waals surface area contributed by atoms with Gasteiger partial charge in [-0.2, -0.15) is 0 Å². The number of piperidine rings is 1. The first-order chi connectivity index (χ1) is 9.26. The van der Waals surface area contributed by atoms with Crippen LogP contribution in [0.5, 0.6) is 0 Å². The molecule has 1 aromatic carbocycles. The van der Waals surface area contributed by atoms with Gasteiger partial charge in [-0.05, 0) is 43.7 Å². The molecule has 1 heterocycles. The van der Waals surface area contributed by atoms with Crippen LogP contribution < -0.4 is 5.73 Å². The Morgan fingerprint density at radius 2 is 2.00 bits per heavy atom. The van der Waals surface area contributed by atoms with Crippen molar-refractivity contribution < 1.29 is 4.79 Å². The van der Waals surface area contributed by atoms with Crippen molar-refractivity contribution in [2.24, 2.45) is 11.7 Å². The summed E-state index contributed by atoms with van der Waals surface area (Å²) in [5.74, 6) is 0.820. The third-order valence-corrected chi connectivity index (χ3v) is 4.63. The summed E-state index contributed by atoms with van der Waals surface area (Å²) in [4.78, 5) is 14.9. The molecule has 2 aliphatic rings. The summed E-state index contributed by atoms with van der Waals surface area (Å²) in [5, 5.41) is 0. The zero-order valence-electron chi connectivity index (χ0n) is 11.8. The number of hydrogen-bond donors (Lipinski definition) is 1. The molecule has 2 fully saturated rings. The molecule has 0 aromatic heterocycles. The van der Waals surface area contributed by atoms with Gasteiger partial charge in [-0.3, -0.25) is 4.79 Å². The van der Waals surface area contributed by atoms with Gasteiger partial charge in [0.15, 0.2) is 0 Å². The Hall–Kier alpha value is -1.06. The lowest BCUT2D eigenvalue weighted by atomic mass is 9.91. The predicted octanol–water partition coefficient (Wildman–Crippen LogP) is 2.34. The van der Waals surface area contributed by atoms with Gasteiger partial charge >= 0.3 is 0 Å². The highest BCUT2D eigenvalue weighted by Crippen LogP contribution is 2.49. The molecule has 1 atom stereocenters. The lowest BCUT2D eigenvalue weighted by Crippen LogP contribution is -2.46. The molecule has 3 rings (SSSR count). The van der Waals surface area contributed by atoms with Gasteiger partial charge in [0, 0.05) is 13.1 Å². The summed E-state index contributed by atoms with van der Waals surface area (Å²) >= 11 is 0. The Bertz CT molecular complexity index is 459. The van der Waals surface area contributed by atoms with Gasteiger partial charge in [0.2, 0.25) is 5.91 Å². The zero-order chi connectivity index (χ0) is 13.3. The van der Waals surface area contributed by atoms with Gasteiger partial charge in [-0.15, -0.1) is 12.4 Å². The lowest BCUT2D eigenvalue weighted by molar-refractivity contribution is -0.135. The van der Waals surface area contributed by atoms with Gasteiger partial charge in [-0.1, -0.05) is 30.3 Å². The number of carbonyl (C=O) groups excluding carboxylic acids is 1. The second-order valence-electron chi connectivity index (χ2n) is 5.94. The van der Waals surface area contributed by atoms with E-state index in [0.717, 1.165) is 32.4 Å². The highest BCUT2D eigenvalue weighted by molar-refractivity contribution is 5.91. The van der Waals surface area contributed by atoms with E-state index in [-0.39, 0.29) is 17.8 Å². The number of rotatable bonds is 3. The van der Waals surface area contributed by atoms with Crippen LogP contribution in [-0.4, -0.2) is 30.4 Å². The molecule has 0 bridgehead atoms. The van der Waals surface area contributed by atoms with Crippen LogP contribution in [0.4, 0.5) is 0 Å². The van der Waals surface area contributed by atoms with Crippen LogP contribution in [0.2, 0.25) is 0 Å². The van der Waals surface area contributed by atoms with Crippen molar-refractivity contribution in [3.05, 3.63) is 35.9 Å². The van der Waals surface area contributed by atoms with Crippen molar-refractivity contribution in [3.63, 3.8) is 0 Å². The minimum atomic E-state index is -0.211. The summed E-state index contributed by atoms with van der Waals surface area (Å²) in [5.41, 5.74) is 6.74. The largest absolute Gasteiger partial charge is 0.342 e. The molecule has 1 unspecified atom stereocenters. The Labute approximate surface area is 126 Å². The van der Waals surface area contributed by atoms with Gasteiger partial charge in [0.1, 0.15) is 0 Å². The van der Waals surface area contributed by atoms with Gasteiger partial charge in [-0.25, -0.2) is 0 Å². The standard InChI is InChI=1S/C16H22N2O.ClH/c17-11-13-5-4-10-18(12-13)15(19)16(8-9-16)14-6-2-1-3-7-14;/h1-3,6-7,13H,4-5,8-12,17H2;1H. The van der Waals surface area contributed by atoms with E-state index in [1.165, 1.54) is 12.0 Å². The summed E-state index contributed by atoms with van der Waals surface area (Å²) in [6.45, 7) is 2.45. The predicted molar refractivity (Wildman–Crippen MR) is 83.0 cm³/mol. The maximum Gasteiger partial charge on any atom is 0.233 e. The monoisotopic (exact) mass is 294 g/mol. The average molecular weight is 295 g/mol. The topological polar surface area (TPSA) is 46.3 Å². The van der Waals surface area contributed by atoms with E-state index in [4.69, 9.17) is 5.73 Å². The van der Waals surface area contributed by atoms with Crippen molar-refractivity contribution in [3.8, 4) is 0 Å². The molecular weight excluding hydrogens is 272 g/mol. The molecular formula is C16H23ClN2O. The Morgan fingerprint density at radius 1 is 1.30 bits per heavy atom. The van der Waals surface area contributed by atoms with Crippen LogP contribution in [0.3, 0.4) is 0 Å². The molecule has 0 spiro atoms. The number of nitrogens with two attached hydrogens (primary N) is 1. The second-order valence-corrected chi connectivity index (χ2v) is 5.94. The first kappa shape index (κ1) is 15.3. The van der Waals surface area contributed by atoms with Crippen LogP contribution in [0.15, 0.2) is 30.3 Å². The van der Waals surface area contributed by atoms with Gasteiger partial charge in [0.05, 0.1) is 5.41 Å². The molecule has 1 saturated carbocycles. The van der Waals surface area contributed by atoms with Crippen LogP contribution >= 0.6 is 12.4 Å². The minimum Gasteiger partial charge on any atom is -0.342 e. The first-order valence-corrected chi connectivity index (χ1v) is 7.31. The van der Waals surface area contributed by atoms with E-state index in [2.05, 4.69) is 17.0 Å². The SMILES string of the molecule is Cl.NCC1CCCN(C(=O)C2(c3ccccc3)CC2)C1. The number of nitrogens with zero attached hydrogens (tertiary/aromatic N) is 1. The quantitative estimate of drug-likeness (QED) is 0.930. The third kappa shape index (κ3) is 2.70. The van der Waals surface area contributed by atoms with E-state index in [1.807, 2.05) is 18.2 Å². The number of carbonyl (C=O) groups is 1. The molecule has 1 aromatic rings. The Balaban J connectivity index is 0.00000147. The summed E-state index contributed by atoms with van der Waals surface area (Å²) in [6.07, 6.45) is 4.26. The van der Waals surface area contributed by atoms with Crippen molar-refractivity contribution in [1.82, 2.24) is 4.90 Å². The number of halogens is 1. The van der Waals surface area contributed by atoms with Crippen molar-refractivity contribution in [2.45, 2.75) is 31.1 Å². The minimum absolute atomic E-state index is 0. The zero-order valence-corrected chi connectivity index (χ0v) is 12.6. The molecule has 1 saturated heterocycles. The maximum absolute atomic E-state index is 12.8. The van der Waals surface area contributed by atoms with E-state index in [0.29, 0.717) is 18.4 Å². The molecule has 110 valence electrons. The lowest BCUT2D eigenvalue weighted by Gasteiger charge is -2.35. The fourth-order valence-electron chi connectivity index (χ4n) is 3.25. The number of benzene rings is 1. The summed E-state index contributed by atoms with van der Waals surface area (Å²) in [7, 11) is 0. The third-order valence-electron chi connectivity index (χ3n) is 4.63. The molecule has 0 radical (unpaired) electrons. The van der Waals surface area contributed by atoms with E-state index in [1.54, 1.807) is 0 Å². The van der Waals surface area contributed by atoms with Crippen molar-refractivity contribution in [1.29, 1.82) is 0 Å². The fourth-order valence-corrected chi connectivity index (χ4v) is 3.25.